The molecule has 0 bridgehead atoms. The van der Waals surface area contributed by atoms with Gasteiger partial charge in [-0.3, -0.25) is 9.59 Å². The van der Waals surface area contributed by atoms with Gasteiger partial charge in [0.2, 0.25) is 5.91 Å². The van der Waals surface area contributed by atoms with Crippen LogP contribution in [0.15, 0.2) is 30.3 Å². The largest absolute Gasteiger partial charge is 0.349 e. The van der Waals surface area contributed by atoms with Crippen LogP contribution in [0.4, 0.5) is 0 Å². The summed E-state index contributed by atoms with van der Waals surface area (Å²) in [6.45, 7) is 1.71. The number of nitrogens with one attached hydrogen (secondary N) is 2. The van der Waals surface area contributed by atoms with E-state index in [0.717, 1.165) is 5.56 Å². The van der Waals surface area contributed by atoms with Gasteiger partial charge in [-0.25, -0.2) is 0 Å². The Morgan fingerprint density at radius 2 is 1.94 bits per heavy atom. The van der Waals surface area contributed by atoms with E-state index in [2.05, 4.69) is 10.6 Å². The average molecular weight is 221 g/mol. The third kappa shape index (κ3) is 4.10. The Balaban J connectivity index is 2.38. The highest BCUT2D eigenvalue weighted by molar-refractivity contribution is 5.86. The van der Waals surface area contributed by atoms with Crippen LogP contribution in [0.3, 0.4) is 0 Å². The van der Waals surface area contributed by atoms with Gasteiger partial charge in [-0.2, -0.15) is 0 Å². The molecule has 2 amide bonds. The molecule has 5 heteroatoms. The van der Waals surface area contributed by atoms with Gasteiger partial charge < -0.3 is 16.4 Å². The molecule has 86 valence electrons. The average Bonchev–Trinajstić information content (AvgIpc) is 2.26. The van der Waals surface area contributed by atoms with E-state index in [4.69, 9.17) is 5.73 Å². The molecule has 1 rings (SSSR count). The first-order valence-corrected chi connectivity index (χ1v) is 4.94. The molecule has 0 aliphatic rings. The third-order valence-electron chi connectivity index (χ3n) is 1.95. The minimum Gasteiger partial charge on any atom is -0.349 e. The Kier molecular flexibility index (Phi) is 4.47. The zero-order valence-electron chi connectivity index (χ0n) is 9.07. The van der Waals surface area contributed by atoms with Crippen molar-refractivity contribution >= 4 is 11.8 Å². The number of carbonyl (C=O) groups is 2. The van der Waals surface area contributed by atoms with Crippen molar-refractivity contribution in [3.63, 3.8) is 0 Å². The zero-order chi connectivity index (χ0) is 12.0. The molecular formula is C11H15N3O2. The van der Waals surface area contributed by atoms with Crippen LogP contribution in [0, 0.1) is 0 Å². The first kappa shape index (κ1) is 12.2. The topological polar surface area (TPSA) is 84.2 Å². The fraction of sp³-hybridized carbons (Fsp3) is 0.273. The molecule has 0 saturated heterocycles. The molecule has 5 nitrogen and oxygen atoms in total. The minimum absolute atomic E-state index is 0.331. The second kappa shape index (κ2) is 5.87. The maximum atomic E-state index is 11.4. The molecule has 0 spiro atoms. The molecule has 0 unspecified atom stereocenters. The smallest absolute Gasteiger partial charge is 0.257 e. The maximum absolute atomic E-state index is 11.4. The van der Waals surface area contributed by atoms with E-state index in [9.17, 15) is 9.59 Å². The Morgan fingerprint density at radius 3 is 2.50 bits per heavy atom. The molecule has 16 heavy (non-hydrogen) atoms. The molecular weight excluding hydrogens is 206 g/mol. The summed E-state index contributed by atoms with van der Waals surface area (Å²) in [4.78, 5) is 22.1. The molecule has 4 N–H and O–H groups in total. The van der Waals surface area contributed by atoms with Crippen molar-refractivity contribution < 1.29 is 9.59 Å². The van der Waals surface area contributed by atoms with Crippen molar-refractivity contribution in [3.8, 4) is 0 Å². The predicted octanol–water partition coefficient (Wildman–Crippen LogP) is -0.276. The summed E-state index contributed by atoms with van der Waals surface area (Å²) in [6, 6.07) is 9.45. The van der Waals surface area contributed by atoms with Crippen LogP contribution in [0.25, 0.3) is 0 Å². The van der Waals surface area contributed by atoms with Crippen molar-refractivity contribution in [3.05, 3.63) is 35.9 Å². The van der Waals surface area contributed by atoms with Crippen LogP contribution in [-0.2, 0) is 16.1 Å². The molecule has 0 aliphatic heterocycles. The molecule has 1 aromatic rings. The summed E-state index contributed by atoms with van der Waals surface area (Å²) in [5.74, 6) is -0.735. The van der Waals surface area contributed by atoms with Crippen LogP contribution in [0.2, 0.25) is 0 Å². The van der Waals surface area contributed by atoms with E-state index in [1.165, 1.54) is 6.92 Å². The lowest BCUT2D eigenvalue weighted by molar-refractivity contribution is -0.128. The number of nitrogens with two attached hydrogens (primary N) is 1. The first-order valence-electron chi connectivity index (χ1n) is 4.94. The van der Waals surface area contributed by atoms with Crippen molar-refractivity contribution in [2.24, 2.45) is 5.73 Å². The van der Waals surface area contributed by atoms with Gasteiger partial charge in [0.05, 0.1) is 0 Å². The van der Waals surface area contributed by atoms with E-state index >= 15 is 0 Å². The number of benzene rings is 1. The SMILES string of the molecule is CC(=O)N[C@@H](N)C(=O)NCc1ccccc1. The predicted molar refractivity (Wildman–Crippen MR) is 60.1 cm³/mol. The summed E-state index contributed by atoms with van der Waals surface area (Å²) in [5.41, 5.74) is 6.42. The zero-order valence-corrected chi connectivity index (χ0v) is 9.07. The van der Waals surface area contributed by atoms with Crippen LogP contribution in [-0.4, -0.2) is 18.0 Å². The highest BCUT2D eigenvalue weighted by Crippen LogP contribution is 1.96. The van der Waals surface area contributed by atoms with Crippen molar-refractivity contribution in [2.75, 3.05) is 0 Å². The van der Waals surface area contributed by atoms with Gasteiger partial charge in [0.15, 0.2) is 6.17 Å². The second-order valence-electron chi connectivity index (χ2n) is 3.38. The van der Waals surface area contributed by atoms with Crippen LogP contribution in [0.5, 0.6) is 0 Å². The fourth-order valence-corrected chi connectivity index (χ4v) is 1.18. The highest BCUT2D eigenvalue weighted by Gasteiger charge is 2.12. The summed E-state index contributed by atoms with van der Waals surface area (Å²) in [6.07, 6.45) is -0.999. The summed E-state index contributed by atoms with van der Waals surface area (Å²) < 4.78 is 0. The number of rotatable bonds is 4. The lowest BCUT2D eigenvalue weighted by Gasteiger charge is -2.12. The van der Waals surface area contributed by atoms with Crippen LogP contribution in [0.1, 0.15) is 12.5 Å². The Hall–Kier alpha value is -1.88. The Morgan fingerprint density at radius 1 is 1.31 bits per heavy atom. The van der Waals surface area contributed by atoms with Crippen molar-refractivity contribution in [1.29, 1.82) is 0 Å². The van der Waals surface area contributed by atoms with Gasteiger partial charge in [-0.05, 0) is 5.56 Å². The van der Waals surface area contributed by atoms with E-state index in [1.807, 2.05) is 30.3 Å². The summed E-state index contributed by atoms with van der Waals surface area (Å²) in [7, 11) is 0. The molecule has 0 saturated carbocycles. The number of amides is 2. The Bertz CT molecular complexity index is 365. The molecule has 0 heterocycles. The highest BCUT2D eigenvalue weighted by atomic mass is 16.2. The maximum Gasteiger partial charge on any atom is 0.257 e. The third-order valence-corrected chi connectivity index (χ3v) is 1.95. The Labute approximate surface area is 94.0 Å². The van der Waals surface area contributed by atoms with E-state index in [-0.39, 0.29) is 5.91 Å². The standard InChI is InChI=1S/C11H15N3O2/c1-8(15)14-10(12)11(16)13-7-9-5-3-2-4-6-9/h2-6,10H,7,12H2,1H3,(H,13,16)(H,14,15)/t10-/m1/s1. The van der Waals surface area contributed by atoms with E-state index < -0.39 is 12.1 Å². The van der Waals surface area contributed by atoms with E-state index in [1.54, 1.807) is 0 Å². The monoisotopic (exact) mass is 221 g/mol. The van der Waals surface area contributed by atoms with Crippen LogP contribution < -0.4 is 16.4 Å². The minimum atomic E-state index is -0.999. The molecule has 0 aromatic heterocycles. The number of hydrogen-bond acceptors (Lipinski definition) is 3. The quantitative estimate of drug-likeness (QED) is 0.611. The van der Waals surface area contributed by atoms with E-state index in [0.29, 0.717) is 6.54 Å². The van der Waals surface area contributed by atoms with Crippen molar-refractivity contribution in [2.45, 2.75) is 19.6 Å². The first-order chi connectivity index (χ1) is 7.59. The fourth-order valence-electron chi connectivity index (χ4n) is 1.18. The van der Waals surface area contributed by atoms with Crippen molar-refractivity contribution in [1.82, 2.24) is 10.6 Å². The van der Waals surface area contributed by atoms with Gasteiger partial charge in [0, 0.05) is 13.5 Å². The van der Waals surface area contributed by atoms with Gasteiger partial charge in [-0.1, -0.05) is 30.3 Å². The molecule has 1 aromatic carbocycles. The normalized spacial score (nSPS) is 11.6. The lowest BCUT2D eigenvalue weighted by Crippen LogP contribution is -2.51. The van der Waals surface area contributed by atoms with Crippen LogP contribution >= 0.6 is 0 Å². The lowest BCUT2D eigenvalue weighted by atomic mass is 10.2. The second-order valence-corrected chi connectivity index (χ2v) is 3.38. The molecule has 1 atom stereocenters. The van der Waals surface area contributed by atoms with Gasteiger partial charge in [0.25, 0.3) is 5.91 Å². The van der Waals surface area contributed by atoms with Gasteiger partial charge >= 0.3 is 0 Å². The van der Waals surface area contributed by atoms with Gasteiger partial charge in [0.1, 0.15) is 0 Å². The number of hydrogen-bond donors (Lipinski definition) is 3. The van der Waals surface area contributed by atoms with Gasteiger partial charge in [-0.15, -0.1) is 0 Å². The molecule has 0 fully saturated rings. The molecule has 0 radical (unpaired) electrons. The molecule has 0 aliphatic carbocycles. The number of carbonyl (C=O) groups excluding carboxylic acids is 2. The summed E-state index contributed by atoms with van der Waals surface area (Å²) in [5, 5.41) is 4.93. The summed E-state index contributed by atoms with van der Waals surface area (Å²) >= 11 is 0.